The molecule has 16 nitrogen and oxygen atoms in total. The van der Waals surface area contributed by atoms with Gasteiger partial charge in [-0.15, -0.1) is 0 Å². The van der Waals surface area contributed by atoms with Crippen molar-refractivity contribution in [2.24, 2.45) is 0 Å². The second-order valence-corrected chi connectivity index (χ2v) is 4.99. The van der Waals surface area contributed by atoms with Crippen LogP contribution in [-0.4, -0.2) is 174 Å². The Labute approximate surface area is 193 Å². The van der Waals surface area contributed by atoms with Gasteiger partial charge >= 0.3 is 37.7 Å². The van der Waals surface area contributed by atoms with Gasteiger partial charge in [-0.2, -0.15) is 0 Å². The van der Waals surface area contributed by atoms with Gasteiger partial charge in [-0.25, -0.2) is 0 Å². The Morgan fingerprint density at radius 3 is 0.931 bits per heavy atom. The van der Waals surface area contributed by atoms with E-state index in [9.17, 15) is 19.8 Å². The van der Waals surface area contributed by atoms with Crippen molar-refractivity contribution in [2.75, 3.05) is 13.2 Å². The van der Waals surface area contributed by atoms with E-state index in [0.717, 1.165) is 0 Å². The van der Waals surface area contributed by atoms with Crippen LogP contribution in [0.3, 0.4) is 0 Å². The molecule has 29 heavy (non-hydrogen) atoms. The molecule has 0 aliphatic rings. The van der Waals surface area contributed by atoms with Gasteiger partial charge in [0.25, 0.3) is 0 Å². The average Bonchev–Trinajstić information content (AvgIpc) is 2.62. The number of aliphatic carboxylic acids is 2. The second kappa shape index (κ2) is 19.7. The van der Waals surface area contributed by atoms with E-state index in [1.54, 1.807) is 0 Å². The Bertz CT molecular complexity index is 387. The first-order valence-electron chi connectivity index (χ1n) is 6.91. The Morgan fingerprint density at radius 1 is 0.586 bits per heavy atom. The molecule has 0 aromatic heterocycles. The summed E-state index contributed by atoms with van der Waals surface area (Å²) in [6.45, 7) is -1.73. The van der Waals surface area contributed by atoms with Gasteiger partial charge in [0.15, 0.2) is 0 Å². The normalized spacial score (nSPS) is 18.3. The number of aliphatic hydroxyl groups is 10. The van der Waals surface area contributed by atoms with Gasteiger partial charge in [0.1, 0.15) is 48.8 Å². The van der Waals surface area contributed by atoms with Crippen LogP contribution in [0.25, 0.3) is 0 Å². The predicted octanol–water partition coefficient (Wildman–Crippen LogP) is -11.7. The molecule has 0 aliphatic heterocycles. The van der Waals surface area contributed by atoms with Crippen molar-refractivity contribution >= 4 is 49.7 Å². The summed E-state index contributed by atoms with van der Waals surface area (Å²) in [5.41, 5.74) is 0. The van der Waals surface area contributed by atoms with Crippen molar-refractivity contribution < 1.29 is 81.8 Å². The maximum absolute atomic E-state index is 9.98. The van der Waals surface area contributed by atoms with E-state index in [1.807, 2.05) is 0 Å². The van der Waals surface area contributed by atoms with Crippen LogP contribution in [-0.2, 0) is 9.59 Å². The van der Waals surface area contributed by atoms with Crippen molar-refractivity contribution in [1.29, 1.82) is 0 Å². The fourth-order valence-electron chi connectivity index (χ4n) is 1.32. The number of carbonyl (C=O) groups excluding carboxylic acids is 2. The summed E-state index contributed by atoms with van der Waals surface area (Å²) in [6, 6.07) is 0. The monoisotopic (exact) mass is 466 g/mol. The summed E-state index contributed by atoms with van der Waals surface area (Å²) >= 11 is 0. The number of carbonyl (C=O) groups is 2. The number of hydrogen-bond donors (Lipinski definition) is 10. The molecular formula is C12H26CaO16. The van der Waals surface area contributed by atoms with Crippen LogP contribution in [0.5, 0.6) is 0 Å². The van der Waals surface area contributed by atoms with Crippen LogP contribution in [0.1, 0.15) is 0 Å². The van der Waals surface area contributed by atoms with Gasteiger partial charge in [0.05, 0.1) is 25.2 Å². The number of rotatable bonds is 10. The molecule has 14 N–H and O–H groups in total. The van der Waals surface area contributed by atoms with Gasteiger partial charge in [0.2, 0.25) is 0 Å². The third kappa shape index (κ3) is 14.4. The van der Waals surface area contributed by atoms with Crippen molar-refractivity contribution in [1.82, 2.24) is 0 Å². The van der Waals surface area contributed by atoms with Gasteiger partial charge in [-0.3, -0.25) is 0 Å². The van der Waals surface area contributed by atoms with Crippen LogP contribution < -0.4 is 10.2 Å². The van der Waals surface area contributed by atoms with E-state index in [4.69, 9.17) is 51.1 Å². The minimum absolute atomic E-state index is 0. The molecule has 8 unspecified atom stereocenters. The third-order valence-corrected chi connectivity index (χ3v) is 2.99. The number of hydrogen-bond acceptors (Lipinski definition) is 14. The maximum atomic E-state index is 9.98. The summed E-state index contributed by atoms with van der Waals surface area (Å²) in [5.74, 6) is -3.95. The van der Waals surface area contributed by atoms with Crippen LogP contribution in [0.15, 0.2) is 0 Å². The van der Waals surface area contributed by atoms with E-state index >= 15 is 0 Å². The molecule has 0 aromatic rings. The molecule has 0 bridgehead atoms. The third-order valence-electron chi connectivity index (χ3n) is 2.99. The molecule has 0 saturated heterocycles. The predicted molar refractivity (Wildman–Crippen MR) is 85.2 cm³/mol. The van der Waals surface area contributed by atoms with Crippen LogP contribution >= 0.6 is 0 Å². The van der Waals surface area contributed by atoms with Crippen LogP contribution in [0.4, 0.5) is 0 Å². The Balaban J connectivity index is -0.000000120. The molecule has 0 radical (unpaired) electrons. The molecule has 0 heterocycles. The molecule has 0 amide bonds. The number of carboxylic acid groups (broad SMARTS) is 2. The van der Waals surface area contributed by atoms with Crippen molar-refractivity contribution in [2.45, 2.75) is 48.8 Å². The van der Waals surface area contributed by atoms with E-state index in [-0.39, 0.29) is 48.7 Å². The van der Waals surface area contributed by atoms with Crippen molar-refractivity contribution in [3.05, 3.63) is 0 Å². The minimum Gasteiger partial charge on any atom is -0.547 e. The molecule has 0 aliphatic carbocycles. The van der Waals surface area contributed by atoms with Crippen molar-refractivity contribution in [3.63, 3.8) is 0 Å². The molecule has 0 fully saturated rings. The first-order valence-corrected chi connectivity index (χ1v) is 6.91. The van der Waals surface area contributed by atoms with Gasteiger partial charge < -0.3 is 81.8 Å². The Hall–Kier alpha value is -0.280. The van der Waals surface area contributed by atoms with Gasteiger partial charge in [0, 0.05) is 0 Å². The summed E-state index contributed by atoms with van der Waals surface area (Å²) in [4.78, 5) is 20.0. The van der Waals surface area contributed by atoms with E-state index in [0.29, 0.717) is 0 Å². The summed E-state index contributed by atoms with van der Waals surface area (Å²) in [6.07, 6.45) is -16.2. The summed E-state index contributed by atoms with van der Waals surface area (Å²) in [7, 11) is 0. The quantitative estimate of drug-likeness (QED) is 0.134. The van der Waals surface area contributed by atoms with Crippen LogP contribution in [0, 0.1) is 0 Å². The standard InChI is InChI=1S/2C6H12O7.Ca.2H2O/c2*7-1-2(8)3(9)4(10)5(11)6(12)13;;;/h2*2-5,7-11H,1H2,(H,12,13);;2*1H2/q;;+2;;/p-2. The zero-order valence-electron chi connectivity index (χ0n) is 14.8. The van der Waals surface area contributed by atoms with Crippen molar-refractivity contribution in [3.8, 4) is 0 Å². The number of carboxylic acids is 2. The molecule has 0 saturated carbocycles. The molecule has 0 rings (SSSR count). The van der Waals surface area contributed by atoms with Gasteiger partial charge in [-0.05, 0) is 0 Å². The molecule has 0 spiro atoms. The Morgan fingerprint density at radius 2 is 0.793 bits per heavy atom. The van der Waals surface area contributed by atoms with E-state index in [2.05, 4.69) is 0 Å². The first-order chi connectivity index (χ1) is 11.8. The zero-order valence-corrected chi connectivity index (χ0v) is 17.1. The second-order valence-electron chi connectivity index (χ2n) is 4.99. The molecular weight excluding hydrogens is 440 g/mol. The molecule has 17 heteroatoms. The summed E-state index contributed by atoms with van der Waals surface area (Å²) in [5, 5.41) is 107. The fraction of sp³-hybridized carbons (Fsp3) is 0.833. The SMILES string of the molecule is O.O.O=C([O-])C(O)C(O)C(O)C(O)CO.O=C([O-])C(O)C(O)C(O)C(O)CO.[Ca+2]. The largest absolute Gasteiger partial charge is 2.00 e. The molecule has 8 atom stereocenters. The maximum Gasteiger partial charge on any atom is 2.00 e. The Kier molecular flexibility index (Phi) is 26.6. The smallest absolute Gasteiger partial charge is 0.547 e. The summed E-state index contributed by atoms with van der Waals surface area (Å²) < 4.78 is 0. The van der Waals surface area contributed by atoms with E-state index in [1.165, 1.54) is 0 Å². The molecule has 0 aromatic carbocycles. The average molecular weight is 466 g/mol. The first kappa shape index (κ1) is 39.2. The van der Waals surface area contributed by atoms with Gasteiger partial charge in [-0.1, -0.05) is 0 Å². The number of aliphatic hydroxyl groups excluding tert-OH is 10. The zero-order chi connectivity index (χ0) is 21.2. The van der Waals surface area contributed by atoms with E-state index < -0.39 is 74.0 Å². The fourth-order valence-corrected chi connectivity index (χ4v) is 1.32. The topological polar surface area (TPSA) is 346 Å². The van der Waals surface area contributed by atoms with Crippen LogP contribution in [0.2, 0.25) is 0 Å². The minimum atomic E-state index is -2.31. The molecule has 172 valence electrons.